The van der Waals surface area contributed by atoms with Crippen LogP contribution in [0.2, 0.25) is 0 Å². The Kier molecular flexibility index (Phi) is 2.71. The van der Waals surface area contributed by atoms with Crippen LogP contribution in [0.1, 0.15) is 18.1 Å². The number of nitriles is 1. The number of hydrogen-bond donors (Lipinski definition) is 0. The zero-order valence-corrected chi connectivity index (χ0v) is 7.29. The third-order valence-electron chi connectivity index (χ3n) is 1.83. The molecule has 0 aliphatic rings. The largest absolute Gasteiger partial charge is 0.496 e. The van der Waals surface area contributed by atoms with Gasteiger partial charge in [0.05, 0.1) is 18.7 Å². The van der Waals surface area contributed by atoms with E-state index in [1.54, 1.807) is 13.2 Å². The van der Waals surface area contributed by atoms with Gasteiger partial charge in [-0.3, -0.25) is 0 Å². The van der Waals surface area contributed by atoms with Crippen molar-refractivity contribution in [3.8, 4) is 11.8 Å². The van der Waals surface area contributed by atoms with Crippen molar-refractivity contribution < 1.29 is 4.74 Å². The summed E-state index contributed by atoms with van der Waals surface area (Å²) in [4.78, 5) is 0. The van der Waals surface area contributed by atoms with E-state index < -0.39 is 0 Å². The van der Waals surface area contributed by atoms with Gasteiger partial charge in [-0.2, -0.15) is 5.26 Å². The normalized spacial score (nSPS) is 9.08. The van der Waals surface area contributed by atoms with E-state index >= 15 is 0 Å². The lowest BCUT2D eigenvalue weighted by atomic mass is 10.1. The minimum atomic E-state index is 0.705. The van der Waals surface area contributed by atoms with Gasteiger partial charge in [-0.25, -0.2) is 0 Å². The quantitative estimate of drug-likeness (QED) is 0.665. The van der Waals surface area contributed by atoms with Gasteiger partial charge in [-0.05, 0) is 18.6 Å². The minimum Gasteiger partial charge on any atom is -0.496 e. The summed E-state index contributed by atoms with van der Waals surface area (Å²) in [7, 11) is 1.62. The molecule has 0 saturated heterocycles. The number of methoxy groups -OCH3 is 1. The average Bonchev–Trinajstić information content (AvgIpc) is 2.16. The summed E-state index contributed by atoms with van der Waals surface area (Å²) in [5.74, 6) is 0.802. The Bertz CT molecular complexity index is 312. The Morgan fingerprint density at radius 2 is 2.25 bits per heavy atom. The minimum absolute atomic E-state index is 0.705. The van der Waals surface area contributed by atoms with E-state index in [4.69, 9.17) is 10.00 Å². The molecule has 0 bridgehead atoms. The number of hydrogen-bond acceptors (Lipinski definition) is 2. The molecule has 2 heteroatoms. The van der Waals surface area contributed by atoms with Crippen LogP contribution in [0.3, 0.4) is 0 Å². The predicted octanol–water partition coefficient (Wildman–Crippen LogP) is 2.13. The molecule has 0 heterocycles. The maximum atomic E-state index is 8.76. The summed E-state index contributed by atoms with van der Waals surface area (Å²) in [5.41, 5.74) is 1.69. The van der Waals surface area contributed by atoms with Gasteiger partial charge in [-0.1, -0.05) is 13.0 Å². The lowest BCUT2D eigenvalue weighted by Crippen LogP contribution is -1.93. The van der Waals surface area contributed by atoms with Gasteiger partial charge in [-0.15, -0.1) is 0 Å². The van der Waals surface area contributed by atoms with Crippen LogP contribution in [0.25, 0.3) is 0 Å². The summed E-state index contributed by atoms with van der Waals surface area (Å²) < 4.78 is 5.13. The van der Waals surface area contributed by atoms with Crippen LogP contribution in [0.4, 0.5) is 0 Å². The van der Waals surface area contributed by atoms with E-state index in [0.717, 1.165) is 17.7 Å². The molecule has 0 fully saturated rings. The molecule has 0 saturated carbocycles. The molecular weight excluding hydrogens is 150 g/mol. The van der Waals surface area contributed by atoms with Crippen LogP contribution < -0.4 is 4.74 Å². The van der Waals surface area contributed by atoms with Gasteiger partial charge in [0.25, 0.3) is 0 Å². The molecule has 0 radical (unpaired) electrons. The highest BCUT2D eigenvalue weighted by molar-refractivity contribution is 5.46. The fourth-order valence-corrected chi connectivity index (χ4v) is 1.23. The number of ether oxygens (including phenoxy) is 1. The molecule has 1 aromatic rings. The van der Waals surface area contributed by atoms with Crippen LogP contribution in [-0.2, 0) is 6.42 Å². The first-order valence-electron chi connectivity index (χ1n) is 3.89. The van der Waals surface area contributed by atoms with Crippen molar-refractivity contribution in [2.45, 2.75) is 13.3 Å². The van der Waals surface area contributed by atoms with E-state index in [9.17, 15) is 0 Å². The summed E-state index contributed by atoms with van der Waals surface area (Å²) >= 11 is 0. The zero-order valence-electron chi connectivity index (χ0n) is 7.29. The van der Waals surface area contributed by atoms with Gasteiger partial charge in [0.15, 0.2) is 0 Å². The first-order valence-corrected chi connectivity index (χ1v) is 3.89. The second kappa shape index (κ2) is 3.77. The SMILES string of the molecule is CCc1c(C#N)cccc1OC. The van der Waals surface area contributed by atoms with Gasteiger partial charge in [0.1, 0.15) is 5.75 Å². The Hall–Kier alpha value is -1.49. The fourth-order valence-electron chi connectivity index (χ4n) is 1.23. The molecule has 0 spiro atoms. The van der Waals surface area contributed by atoms with Gasteiger partial charge in [0, 0.05) is 5.56 Å². The predicted molar refractivity (Wildman–Crippen MR) is 47.1 cm³/mol. The van der Waals surface area contributed by atoms with Crippen molar-refractivity contribution in [1.29, 1.82) is 5.26 Å². The summed E-state index contributed by atoms with van der Waals surface area (Å²) in [6, 6.07) is 7.65. The Morgan fingerprint density at radius 1 is 1.50 bits per heavy atom. The molecule has 0 aliphatic carbocycles. The van der Waals surface area contributed by atoms with Crippen molar-refractivity contribution in [3.05, 3.63) is 29.3 Å². The average molecular weight is 161 g/mol. The van der Waals surface area contributed by atoms with Crippen molar-refractivity contribution in [1.82, 2.24) is 0 Å². The first-order chi connectivity index (χ1) is 5.83. The summed E-state index contributed by atoms with van der Waals surface area (Å²) in [6.45, 7) is 2.01. The van der Waals surface area contributed by atoms with Gasteiger partial charge < -0.3 is 4.74 Å². The molecule has 0 N–H and O–H groups in total. The molecule has 1 rings (SSSR count). The topological polar surface area (TPSA) is 33.0 Å². The highest BCUT2D eigenvalue weighted by Crippen LogP contribution is 2.21. The Morgan fingerprint density at radius 3 is 2.75 bits per heavy atom. The maximum Gasteiger partial charge on any atom is 0.123 e. The smallest absolute Gasteiger partial charge is 0.123 e. The third kappa shape index (κ3) is 1.40. The van der Waals surface area contributed by atoms with E-state index in [2.05, 4.69) is 6.07 Å². The lowest BCUT2D eigenvalue weighted by molar-refractivity contribution is 0.410. The number of benzene rings is 1. The van der Waals surface area contributed by atoms with Crippen molar-refractivity contribution in [3.63, 3.8) is 0 Å². The summed E-state index contributed by atoms with van der Waals surface area (Å²) in [6.07, 6.45) is 0.826. The summed E-state index contributed by atoms with van der Waals surface area (Å²) in [5, 5.41) is 8.76. The Balaban J connectivity index is 3.24. The van der Waals surface area contributed by atoms with E-state index in [0.29, 0.717) is 5.56 Å². The molecule has 12 heavy (non-hydrogen) atoms. The number of rotatable bonds is 2. The third-order valence-corrected chi connectivity index (χ3v) is 1.83. The van der Waals surface area contributed by atoms with E-state index in [-0.39, 0.29) is 0 Å². The van der Waals surface area contributed by atoms with Crippen LogP contribution in [0.15, 0.2) is 18.2 Å². The van der Waals surface area contributed by atoms with Gasteiger partial charge in [0.2, 0.25) is 0 Å². The molecule has 2 nitrogen and oxygen atoms in total. The molecule has 0 aromatic heterocycles. The highest BCUT2D eigenvalue weighted by Gasteiger charge is 2.04. The number of nitrogens with zero attached hydrogens (tertiary/aromatic N) is 1. The van der Waals surface area contributed by atoms with Crippen LogP contribution >= 0.6 is 0 Å². The van der Waals surface area contributed by atoms with Crippen LogP contribution in [-0.4, -0.2) is 7.11 Å². The van der Waals surface area contributed by atoms with E-state index in [1.807, 2.05) is 19.1 Å². The molecular formula is C10H11NO. The maximum absolute atomic E-state index is 8.76. The van der Waals surface area contributed by atoms with Crippen molar-refractivity contribution >= 4 is 0 Å². The second-order valence-electron chi connectivity index (χ2n) is 2.45. The lowest BCUT2D eigenvalue weighted by Gasteiger charge is -2.06. The molecule has 0 unspecified atom stereocenters. The highest BCUT2D eigenvalue weighted by atomic mass is 16.5. The molecule has 0 atom stereocenters. The van der Waals surface area contributed by atoms with Crippen molar-refractivity contribution in [2.24, 2.45) is 0 Å². The monoisotopic (exact) mass is 161 g/mol. The first kappa shape index (κ1) is 8.61. The zero-order chi connectivity index (χ0) is 8.97. The van der Waals surface area contributed by atoms with Crippen LogP contribution in [0.5, 0.6) is 5.75 Å². The standard InChI is InChI=1S/C10H11NO/c1-3-9-8(7-11)5-4-6-10(9)12-2/h4-6H,3H2,1-2H3. The molecule has 0 aliphatic heterocycles. The van der Waals surface area contributed by atoms with Crippen LogP contribution in [0, 0.1) is 11.3 Å². The second-order valence-corrected chi connectivity index (χ2v) is 2.45. The molecule has 62 valence electrons. The Labute approximate surface area is 72.4 Å². The molecule has 1 aromatic carbocycles. The van der Waals surface area contributed by atoms with E-state index in [1.165, 1.54) is 0 Å². The fraction of sp³-hybridized carbons (Fsp3) is 0.300. The van der Waals surface area contributed by atoms with Crippen molar-refractivity contribution in [2.75, 3.05) is 7.11 Å². The van der Waals surface area contributed by atoms with Gasteiger partial charge >= 0.3 is 0 Å². The molecule has 0 amide bonds.